The highest BCUT2D eigenvalue weighted by atomic mass is 19.3. The fourth-order valence-corrected chi connectivity index (χ4v) is 4.26. The molecule has 0 bridgehead atoms. The van der Waals surface area contributed by atoms with E-state index in [4.69, 9.17) is 9.47 Å². The number of amides is 3. The topological polar surface area (TPSA) is 100 Å². The second-order valence-corrected chi connectivity index (χ2v) is 8.27. The quantitative estimate of drug-likeness (QED) is 0.616. The molecule has 3 amide bonds. The van der Waals surface area contributed by atoms with E-state index in [1.807, 2.05) is 0 Å². The van der Waals surface area contributed by atoms with E-state index in [0.717, 1.165) is 19.3 Å². The molecule has 4 rings (SSSR count). The summed E-state index contributed by atoms with van der Waals surface area (Å²) in [6.45, 7) is -0.315. The van der Waals surface area contributed by atoms with Gasteiger partial charge in [-0.1, -0.05) is 0 Å². The van der Waals surface area contributed by atoms with Crippen molar-refractivity contribution in [2.24, 2.45) is 0 Å². The maximum Gasteiger partial charge on any atom is 0.315 e. The lowest BCUT2D eigenvalue weighted by molar-refractivity contribution is -0.135. The van der Waals surface area contributed by atoms with E-state index in [1.54, 1.807) is 0 Å². The summed E-state index contributed by atoms with van der Waals surface area (Å²) in [4.78, 5) is 25.2. The molecular formula is C18H27F2N3O5. The minimum atomic E-state index is -2.81. The van der Waals surface area contributed by atoms with Crippen LogP contribution in [0.5, 0.6) is 0 Å². The Morgan fingerprint density at radius 2 is 2.04 bits per heavy atom. The lowest BCUT2D eigenvalue weighted by Crippen LogP contribution is -2.48. The van der Waals surface area contributed by atoms with Crippen LogP contribution in [0, 0.1) is 0 Å². The molecule has 3 saturated heterocycles. The lowest BCUT2D eigenvalue weighted by atomic mass is 9.93. The number of ether oxygens (including phenoxy) is 2. The van der Waals surface area contributed by atoms with Gasteiger partial charge in [0, 0.05) is 32.0 Å². The third kappa shape index (κ3) is 4.23. The van der Waals surface area contributed by atoms with Crippen molar-refractivity contribution in [3.63, 3.8) is 0 Å². The number of carbonyl (C=O) groups is 2. The lowest BCUT2D eigenvalue weighted by Gasteiger charge is -2.27. The first-order valence-corrected chi connectivity index (χ1v) is 10.00. The molecule has 3 aliphatic heterocycles. The number of carbonyl (C=O) groups excluding carboxylic acids is 2. The molecule has 10 heteroatoms. The number of aliphatic hydroxyl groups is 1. The van der Waals surface area contributed by atoms with Gasteiger partial charge < -0.3 is 30.1 Å². The van der Waals surface area contributed by atoms with Crippen molar-refractivity contribution in [2.75, 3.05) is 19.6 Å². The molecule has 158 valence electrons. The van der Waals surface area contributed by atoms with E-state index in [9.17, 15) is 23.5 Å². The maximum absolute atomic E-state index is 13.3. The van der Waals surface area contributed by atoms with Crippen LogP contribution in [0.15, 0.2) is 0 Å². The summed E-state index contributed by atoms with van der Waals surface area (Å²) in [7, 11) is 0. The van der Waals surface area contributed by atoms with Gasteiger partial charge in [-0.15, -0.1) is 0 Å². The van der Waals surface area contributed by atoms with Crippen molar-refractivity contribution in [3.05, 3.63) is 0 Å². The van der Waals surface area contributed by atoms with Gasteiger partial charge in [-0.25, -0.2) is 13.6 Å². The van der Waals surface area contributed by atoms with E-state index in [2.05, 4.69) is 10.6 Å². The summed E-state index contributed by atoms with van der Waals surface area (Å²) in [5.41, 5.74) is 0. The summed E-state index contributed by atoms with van der Waals surface area (Å²) in [5.74, 6) is -3.17. The molecule has 0 radical (unpaired) electrons. The second kappa shape index (κ2) is 7.72. The zero-order valence-corrected chi connectivity index (χ0v) is 15.6. The molecule has 1 aliphatic carbocycles. The highest BCUT2D eigenvalue weighted by Gasteiger charge is 2.51. The Labute approximate surface area is 161 Å². The van der Waals surface area contributed by atoms with E-state index in [0.29, 0.717) is 6.42 Å². The first-order chi connectivity index (χ1) is 13.3. The molecule has 1 saturated carbocycles. The molecule has 3 N–H and O–H groups in total. The second-order valence-electron chi connectivity index (χ2n) is 8.27. The molecule has 0 aromatic carbocycles. The van der Waals surface area contributed by atoms with Gasteiger partial charge in [-0.3, -0.25) is 4.79 Å². The summed E-state index contributed by atoms with van der Waals surface area (Å²) < 4.78 is 38.1. The summed E-state index contributed by atoms with van der Waals surface area (Å²) >= 11 is 0. The first kappa shape index (κ1) is 19.8. The Balaban J connectivity index is 1.20. The van der Waals surface area contributed by atoms with Crippen LogP contribution < -0.4 is 10.6 Å². The number of hydrogen-bond acceptors (Lipinski definition) is 5. The van der Waals surface area contributed by atoms with Crippen molar-refractivity contribution < 1.29 is 33.0 Å². The fourth-order valence-electron chi connectivity index (χ4n) is 4.26. The highest BCUT2D eigenvalue weighted by molar-refractivity contribution is 5.77. The standard InChI is InChI=1S/C18H27F2N3O5/c19-18(20)4-5-23(9-18)14(24)7-11-6-12-16(27-11)15(25)13(28-12)8-21-17(26)22-10-2-1-3-10/h10-13,15-16,25H,1-9H2,(H2,21,22,26). The van der Waals surface area contributed by atoms with E-state index >= 15 is 0 Å². The van der Waals surface area contributed by atoms with E-state index in [-0.39, 0.29) is 50.0 Å². The molecule has 4 aliphatic rings. The number of alkyl halides is 2. The van der Waals surface area contributed by atoms with Crippen LogP contribution >= 0.6 is 0 Å². The molecule has 8 nitrogen and oxygen atoms in total. The number of hydrogen-bond donors (Lipinski definition) is 3. The highest BCUT2D eigenvalue weighted by Crippen LogP contribution is 2.36. The van der Waals surface area contributed by atoms with E-state index < -0.39 is 36.9 Å². The maximum atomic E-state index is 13.3. The van der Waals surface area contributed by atoms with Crippen molar-refractivity contribution in [1.82, 2.24) is 15.5 Å². The van der Waals surface area contributed by atoms with Crippen LogP contribution in [0.4, 0.5) is 13.6 Å². The van der Waals surface area contributed by atoms with Crippen LogP contribution in [-0.4, -0.2) is 84.1 Å². The number of halogens is 2. The van der Waals surface area contributed by atoms with Crippen LogP contribution in [0.1, 0.15) is 38.5 Å². The van der Waals surface area contributed by atoms with Crippen LogP contribution in [0.3, 0.4) is 0 Å². The zero-order valence-electron chi connectivity index (χ0n) is 15.6. The molecular weight excluding hydrogens is 376 g/mol. The van der Waals surface area contributed by atoms with Crippen LogP contribution in [0.25, 0.3) is 0 Å². The van der Waals surface area contributed by atoms with Gasteiger partial charge >= 0.3 is 6.03 Å². The third-order valence-corrected chi connectivity index (χ3v) is 6.11. The fraction of sp³-hybridized carbons (Fsp3) is 0.889. The summed E-state index contributed by atoms with van der Waals surface area (Å²) in [6, 6.07) is -0.0460. The minimum Gasteiger partial charge on any atom is -0.388 e. The van der Waals surface area contributed by atoms with Gasteiger partial charge in [0.05, 0.1) is 25.2 Å². The van der Waals surface area contributed by atoms with Crippen molar-refractivity contribution in [1.29, 1.82) is 0 Å². The molecule has 0 spiro atoms. The van der Waals surface area contributed by atoms with Gasteiger partial charge in [0.2, 0.25) is 5.91 Å². The van der Waals surface area contributed by atoms with E-state index in [1.165, 1.54) is 4.90 Å². The number of aliphatic hydroxyl groups excluding tert-OH is 1. The Bertz CT molecular complexity index is 618. The Hall–Kier alpha value is -1.52. The molecule has 28 heavy (non-hydrogen) atoms. The van der Waals surface area contributed by atoms with Crippen molar-refractivity contribution in [2.45, 2.75) is 81.0 Å². The van der Waals surface area contributed by atoms with Gasteiger partial charge in [0.25, 0.3) is 5.92 Å². The van der Waals surface area contributed by atoms with Crippen LogP contribution in [-0.2, 0) is 14.3 Å². The van der Waals surface area contributed by atoms with Gasteiger partial charge in [0.15, 0.2) is 0 Å². The summed E-state index contributed by atoms with van der Waals surface area (Å²) in [5, 5.41) is 16.0. The Morgan fingerprint density at radius 3 is 2.64 bits per heavy atom. The monoisotopic (exact) mass is 403 g/mol. The largest absolute Gasteiger partial charge is 0.388 e. The summed E-state index contributed by atoms with van der Waals surface area (Å²) in [6.07, 6.45) is 0.345. The van der Waals surface area contributed by atoms with Crippen LogP contribution in [0.2, 0.25) is 0 Å². The van der Waals surface area contributed by atoms with Gasteiger partial charge in [-0.05, 0) is 19.3 Å². The minimum absolute atomic E-state index is 0.00582. The Kier molecular flexibility index (Phi) is 5.45. The predicted octanol–water partition coefficient (Wildman–Crippen LogP) is 0.382. The number of rotatable bonds is 5. The smallest absolute Gasteiger partial charge is 0.315 e. The first-order valence-electron chi connectivity index (χ1n) is 10.00. The zero-order chi connectivity index (χ0) is 19.9. The van der Waals surface area contributed by atoms with Crippen molar-refractivity contribution >= 4 is 11.9 Å². The van der Waals surface area contributed by atoms with Gasteiger partial charge in [0.1, 0.15) is 18.3 Å². The SMILES string of the molecule is O=C(NCC1OC2CC(CC(=O)N3CCC(F)(F)C3)OC2C1O)NC1CCC1. The molecule has 4 fully saturated rings. The predicted molar refractivity (Wildman–Crippen MR) is 92.9 cm³/mol. The van der Waals surface area contributed by atoms with Crippen molar-refractivity contribution in [3.8, 4) is 0 Å². The average Bonchev–Trinajstić information content (AvgIpc) is 3.24. The molecule has 5 atom stereocenters. The molecule has 0 aromatic heterocycles. The number of nitrogens with one attached hydrogen (secondary N) is 2. The number of fused-ring (bicyclic) bond motifs is 1. The average molecular weight is 403 g/mol. The number of urea groups is 1. The number of nitrogens with zero attached hydrogens (tertiary/aromatic N) is 1. The molecule has 5 unspecified atom stereocenters. The number of likely N-dealkylation sites (tertiary alicyclic amines) is 1. The third-order valence-electron chi connectivity index (χ3n) is 6.11. The normalized spacial score (nSPS) is 36.8. The Morgan fingerprint density at radius 1 is 1.25 bits per heavy atom. The molecule has 0 aromatic rings. The van der Waals surface area contributed by atoms with Gasteiger partial charge in [-0.2, -0.15) is 0 Å². The molecule has 3 heterocycles.